The molecule has 0 radical (unpaired) electrons. The molecule has 0 spiro atoms. The predicted octanol–water partition coefficient (Wildman–Crippen LogP) is 5.13. The third kappa shape index (κ3) is 5.07. The molecule has 1 fully saturated rings. The van der Waals surface area contributed by atoms with Crippen molar-refractivity contribution in [3.8, 4) is 0 Å². The van der Waals surface area contributed by atoms with Crippen molar-refractivity contribution in [2.45, 2.75) is 12.4 Å². The predicted molar refractivity (Wildman–Crippen MR) is 98.5 cm³/mol. The van der Waals surface area contributed by atoms with Crippen molar-refractivity contribution in [2.75, 3.05) is 36.4 Å². The number of alkyl halides is 6. The third-order valence-corrected chi connectivity index (χ3v) is 4.73. The number of urea groups is 1. The molecule has 1 aliphatic rings. The van der Waals surface area contributed by atoms with Gasteiger partial charge in [-0.05, 0) is 24.3 Å². The molecule has 3 rings (SSSR count). The average molecular weight is 453 g/mol. The molecule has 0 bridgehead atoms. The molecule has 30 heavy (non-hydrogen) atoms. The number of carbonyl (C=O) groups excluding carboxylic acids is 1. The van der Waals surface area contributed by atoms with E-state index in [1.54, 1.807) is 4.90 Å². The van der Waals surface area contributed by atoms with Crippen LogP contribution in [0.1, 0.15) is 11.1 Å². The van der Waals surface area contributed by atoms with E-state index in [1.807, 2.05) is 0 Å². The number of rotatable bonds is 2. The molecule has 1 saturated heterocycles. The van der Waals surface area contributed by atoms with Crippen molar-refractivity contribution < 1.29 is 31.1 Å². The first kappa shape index (κ1) is 22.0. The standard InChI is InChI=1S/C18H15ClF6N4O/c19-14-9-12(18(23,24)25)10-26-15(14)28-4-6-29(7-5-28)16(30)27-13-3-1-2-11(8-13)17(20,21)22/h1-3,8-10H,4-7H2,(H,27,30). The van der Waals surface area contributed by atoms with Crippen LogP contribution in [0.3, 0.4) is 0 Å². The summed E-state index contributed by atoms with van der Waals surface area (Å²) in [5, 5.41) is 2.26. The maximum atomic E-state index is 12.8. The van der Waals surface area contributed by atoms with Gasteiger partial charge in [-0.25, -0.2) is 9.78 Å². The van der Waals surface area contributed by atoms with Crippen LogP contribution in [-0.2, 0) is 12.4 Å². The minimum atomic E-state index is -4.56. The molecule has 1 N–H and O–H groups in total. The van der Waals surface area contributed by atoms with Crippen LogP contribution in [0.5, 0.6) is 0 Å². The van der Waals surface area contributed by atoms with Gasteiger partial charge in [0.05, 0.1) is 16.1 Å². The van der Waals surface area contributed by atoms with Crippen molar-refractivity contribution in [3.63, 3.8) is 0 Å². The van der Waals surface area contributed by atoms with E-state index in [9.17, 15) is 31.1 Å². The van der Waals surface area contributed by atoms with E-state index in [-0.39, 0.29) is 42.7 Å². The summed E-state index contributed by atoms with van der Waals surface area (Å²) in [7, 11) is 0. The largest absolute Gasteiger partial charge is 0.417 e. The Hall–Kier alpha value is -2.69. The summed E-state index contributed by atoms with van der Waals surface area (Å²) in [5.74, 6) is 0.169. The van der Waals surface area contributed by atoms with Crippen LogP contribution in [0.25, 0.3) is 0 Å². The molecule has 162 valence electrons. The first-order valence-electron chi connectivity index (χ1n) is 8.66. The van der Waals surface area contributed by atoms with E-state index < -0.39 is 29.5 Å². The minimum absolute atomic E-state index is 0.00436. The fraction of sp³-hybridized carbons (Fsp3) is 0.333. The SMILES string of the molecule is O=C(Nc1cccc(C(F)(F)F)c1)N1CCN(c2ncc(C(F)(F)F)cc2Cl)CC1. The van der Waals surface area contributed by atoms with Crippen LogP contribution < -0.4 is 10.2 Å². The second kappa shape index (κ2) is 8.21. The van der Waals surface area contributed by atoms with Crippen molar-refractivity contribution in [3.05, 3.63) is 52.7 Å². The summed E-state index contributed by atoms with van der Waals surface area (Å²) in [4.78, 5) is 19.1. The Morgan fingerprint density at radius 3 is 2.17 bits per heavy atom. The number of amides is 2. The van der Waals surface area contributed by atoms with E-state index in [4.69, 9.17) is 11.6 Å². The summed E-state index contributed by atoms with van der Waals surface area (Å²) in [6.07, 6.45) is -8.40. The van der Waals surface area contributed by atoms with Gasteiger partial charge in [-0.3, -0.25) is 0 Å². The number of anilines is 2. The van der Waals surface area contributed by atoms with Gasteiger partial charge in [0.15, 0.2) is 0 Å². The number of pyridine rings is 1. The first-order valence-corrected chi connectivity index (χ1v) is 9.04. The molecule has 0 atom stereocenters. The Balaban J connectivity index is 1.61. The van der Waals surface area contributed by atoms with Crippen molar-refractivity contribution >= 4 is 29.1 Å². The molecule has 2 aromatic rings. The highest BCUT2D eigenvalue weighted by Gasteiger charge is 2.33. The number of aromatic nitrogens is 1. The third-order valence-electron chi connectivity index (χ3n) is 4.46. The van der Waals surface area contributed by atoms with E-state index in [1.165, 1.54) is 17.0 Å². The Kier molecular flexibility index (Phi) is 6.02. The van der Waals surface area contributed by atoms with Crippen LogP contribution in [0.4, 0.5) is 42.6 Å². The lowest BCUT2D eigenvalue weighted by molar-refractivity contribution is -0.138. The Bertz CT molecular complexity index is 926. The van der Waals surface area contributed by atoms with Crippen LogP contribution in [-0.4, -0.2) is 42.1 Å². The molecule has 12 heteroatoms. The zero-order valence-corrected chi connectivity index (χ0v) is 15.9. The summed E-state index contributed by atoms with van der Waals surface area (Å²) >= 11 is 5.94. The lowest BCUT2D eigenvalue weighted by Gasteiger charge is -2.35. The second-order valence-corrected chi connectivity index (χ2v) is 6.92. The van der Waals surface area contributed by atoms with Crippen LogP contribution in [0.2, 0.25) is 5.02 Å². The molecule has 2 amide bonds. The molecule has 0 aliphatic carbocycles. The van der Waals surface area contributed by atoms with E-state index >= 15 is 0 Å². The summed E-state index contributed by atoms with van der Waals surface area (Å²) in [5.41, 5.74) is -1.84. The summed E-state index contributed by atoms with van der Waals surface area (Å²) in [6, 6.07) is 4.47. The number of halogens is 7. The van der Waals surface area contributed by atoms with E-state index in [0.29, 0.717) is 6.20 Å². The zero-order chi connectivity index (χ0) is 22.1. The highest BCUT2D eigenvalue weighted by atomic mass is 35.5. The molecule has 1 aromatic carbocycles. The highest BCUT2D eigenvalue weighted by molar-refractivity contribution is 6.33. The molecule has 0 unspecified atom stereocenters. The number of nitrogens with zero attached hydrogens (tertiary/aromatic N) is 3. The van der Waals surface area contributed by atoms with Crippen molar-refractivity contribution in [1.29, 1.82) is 0 Å². The van der Waals surface area contributed by atoms with Gasteiger partial charge in [-0.2, -0.15) is 26.3 Å². The molecule has 2 heterocycles. The van der Waals surface area contributed by atoms with Gasteiger partial charge in [-0.1, -0.05) is 17.7 Å². The Morgan fingerprint density at radius 2 is 1.60 bits per heavy atom. The van der Waals surface area contributed by atoms with Gasteiger partial charge in [-0.15, -0.1) is 0 Å². The van der Waals surface area contributed by atoms with Gasteiger partial charge < -0.3 is 15.1 Å². The smallest absolute Gasteiger partial charge is 0.352 e. The number of piperazine rings is 1. The lowest BCUT2D eigenvalue weighted by Crippen LogP contribution is -2.50. The number of benzene rings is 1. The van der Waals surface area contributed by atoms with E-state index in [0.717, 1.165) is 18.2 Å². The van der Waals surface area contributed by atoms with Gasteiger partial charge in [0.2, 0.25) is 0 Å². The maximum absolute atomic E-state index is 12.8. The number of hydrogen-bond donors (Lipinski definition) is 1. The highest BCUT2D eigenvalue weighted by Crippen LogP contribution is 2.34. The van der Waals surface area contributed by atoms with Gasteiger partial charge in [0.1, 0.15) is 5.82 Å². The van der Waals surface area contributed by atoms with Crippen molar-refractivity contribution in [2.24, 2.45) is 0 Å². The molecule has 1 aliphatic heterocycles. The normalized spacial score (nSPS) is 15.3. The van der Waals surface area contributed by atoms with Gasteiger partial charge in [0.25, 0.3) is 0 Å². The first-order chi connectivity index (χ1) is 13.9. The Labute approximate surface area is 172 Å². The molecule has 5 nitrogen and oxygen atoms in total. The van der Waals surface area contributed by atoms with E-state index in [2.05, 4.69) is 10.3 Å². The van der Waals surface area contributed by atoms with Crippen LogP contribution >= 0.6 is 11.6 Å². The van der Waals surface area contributed by atoms with Gasteiger partial charge >= 0.3 is 18.4 Å². The lowest BCUT2D eigenvalue weighted by atomic mass is 10.2. The van der Waals surface area contributed by atoms with Gasteiger partial charge in [0, 0.05) is 38.1 Å². The monoisotopic (exact) mass is 452 g/mol. The van der Waals surface area contributed by atoms with Crippen LogP contribution in [0.15, 0.2) is 36.5 Å². The maximum Gasteiger partial charge on any atom is 0.417 e. The Morgan fingerprint density at radius 1 is 0.967 bits per heavy atom. The quantitative estimate of drug-likeness (QED) is 0.643. The number of nitrogens with one attached hydrogen (secondary N) is 1. The molecule has 0 saturated carbocycles. The number of hydrogen-bond acceptors (Lipinski definition) is 3. The molecular weight excluding hydrogens is 438 g/mol. The zero-order valence-electron chi connectivity index (χ0n) is 15.2. The molecule has 1 aromatic heterocycles. The second-order valence-electron chi connectivity index (χ2n) is 6.51. The summed E-state index contributed by atoms with van der Waals surface area (Å²) < 4.78 is 76.5. The number of carbonyl (C=O) groups is 1. The molecular formula is C18H15ClF6N4O. The summed E-state index contributed by atoms with van der Waals surface area (Å²) in [6.45, 7) is 0.857. The fourth-order valence-corrected chi connectivity index (χ4v) is 3.20. The van der Waals surface area contributed by atoms with Crippen molar-refractivity contribution in [1.82, 2.24) is 9.88 Å². The fourth-order valence-electron chi connectivity index (χ4n) is 2.92. The minimum Gasteiger partial charge on any atom is -0.352 e. The topological polar surface area (TPSA) is 48.5 Å². The average Bonchev–Trinajstić information content (AvgIpc) is 2.67. The van der Waals surface area contributed by atoms with Crippen LogP contribution in [0, 0.1) is 0 Å².